The van der Waals surface area contributed by atoms with Gasteiger partial charge in [-0.05, 0) is 195 Å². The van der Waals surface area contributed by atoms with Gasteiger partial charge in [-0.3, -0.25) is 52.7 Å². The number of carboxylic acid groups (broad SMARTS) is 2. The van der Waals surface area contributed by atoms with Crippen molar-refractivity contribution in [2.75, 3.05) is 192 Å². The van der Waals surface area contributed by atoms with Gasteiger partial charge in [-0.1, -0.05) is 63.3 Å². The number of amides is 2. The molecule has 792 valence electrons. The lowest BCUT2D eigenvalue weighted by Crippen LogP contribution is -2.54. The second-order valence-electron chi connectivity index (χ2n) is 38.3. The second-order valence-corrected chi connectivity index (χ2v) is 38.3. The first-order valence-corrected chi connectivity index (χ1v) is 44.0. The van der Waals surface area contributed by atoms with E-state index in [0.717, 1.165) is 42.0 Å². The van der Waals surface area contributed by atoms with Crippen molar-refractivity contribution < 1.29 is 176 Å². The van der Waals surface area contributed by atoms with E-state index >= 15 is 0 Å². The number of esters is 7. The second kappa shape index (κ2) is 67.7. The molecule has 40 nitrogen and oxygen atoms in total. The van der Waals surface area contributed by atoms with E-state index in [1.54, 1.807) is 104 Å². The van der Waals surface area contributed by atoms with E-state index < -0.39 is 189 Å². The summed E-state index contributed by atoms with van der Waals surface area (Å²) in [4.78, 5) is 149. The molecule has 0 saturated carbocycles. The van der Waals surface area contributed by atoms with Gasteiger partial charge in [-0.15, -0.1) is 0 Å². The number of carbonyl (C=O) groups excluding carboxylic acids is 9. The van der Waals surface area contributed by atoms with Gasteiger partial charge in [0, 0.05) is 92.8 Å². The molecular weight excluding hydrogens is 1750 g/mol. The fraction of sp³-hybridized carbons (Fsp3) is 0.882. The van der Waals surface area contributed by atoms with E-state index in [1.165, 1.54) is 30.8 Å². The maximum atomic E-state index is 13.9. The van der Waals surface area contributed by atoms with Gasteiger partial charge in [0.15, 0.2) is 0 Å². The summed E-state index contributed by atoms with van der Waals surface area (Å²) in [7, 11) is 20.8. The molecule has 2 amide bonds. The Kier molecular flexibility index (Phi) is 72.2. The van der Waals surface area contributed by atoms with Crippen LogP contribution in [0.3, 0.4) is 0 Å². The molecule has 0 radical (unpaired) electrons. The van der Waals surface area contributed by atoms with E-state index in [9.17, 15) is 78.3 Å². The number of methoxy groups -OCH3 is 1. The molecule has 17 unspecified atom stereocenters. The Bertz CT molecular complexity index is 3290. The van der Waals surface area contributed by atoms with Crippen molar-refractivity contribution in [3.63, 3.8) is 0 Å². The third-order valence-electron chi connectivity index (χ3n) is 23.3. The molecule has 14 N–H and O–H groups in total. The van der Waals surface area contributed by atoms with Crippen LogP contribution in [0.4, 0.5) is 0 Å². The minimum Gasteiger partial charge on any atom is -0.481 e. The summed E-state index contributed by atoms with van der Waals surface area (Å²) in [5, 5.41) is 121. The number of carboxylic acids is 2. The number of nitrogens with zero attached hydrogens (tertiary/aromatic N) is 4. The summed E-state index contributed by atoms with van der Waals surface area (Å²) in [6.07, 6.45) is -3.24. The zero-order chi connectivity index (χ0) is 104. The predicted molar refractivity (Wildman–Crippen MR) is 499 cm³/mol. The molecule has 17 atom stereocenters. The number of rotatable bonds is 57. The average Bonchev–Trinajstić information content (AvgIpc) is 1.23. The highest BCUT2D eigenvalue weighted by atomic mass is 16.6. The van der Waals surface area contributed by atoms with E-state index in [0.29, 0.717) is 32.5 Å². The van der Waals surface area contributed by atoms with Crippen molar-refractivity contribution in [1.82, 2.24) is 19.6 Å². The minimum atomic E-state index is -1.50. The first-order valence-electron chi connectivity index (χ1n) is 44.0. The topological polar surface area (TPSA) is 592 Å². The van der Waals surface area contributed by atoms with Crippen LogP contribution in [0.5, 0.6) is 0 Å². The van der Waals surface area contributed by atoms with Crippen LogP contribution >= 0.6 is 0 Å². The molecule has 0 aromatic carbocycles. The van der Waals surface area contributed by atoms with Gasteiger partial charge in [0.1, 0.15) is 89.0 Å². The van der Waals surface area contributed by atoms with Crippen LogP contribution in [-0.2, 0) is 105 Å². The van der Waals surface area contributed by atoms with Gasteiger partial charge in [-0.25, -0.2) is 0 Å². The number of epoxide rings is 2. The first kappa shape index (κ1) is 142. The molecule has 0 aromatic heterocycles. The van der Waals surface area contributed by atoms with Crippen LogP contribution in [0.25, 0.3) is 0 Å². The van der Waals surface area contributed by atoms with Crippen LogP contribution in [0, 0.1) is 60.6 Å². The van der Waals surface area contributed by atoms with Crippen LogP contribution < -0.4 is 0 Å². The molecule has 40 heteroatoms. The van der Waals surface area contributed by atoms with Gasteiger partial charge in [0.25, 0.3) is 0 Å². The SMILES string of the molecule is C.C.CCC(C)(CC(C)(CC(C)(CC(C)(C)C(=O)OCC1CO1)C(=O)N(C)C)C(=O)OCC1CO1)C(=O)N(C)C.CCC(C)(CC(C)(CC(C)C(=O)O)C(=O)OCC(O)CO)C(=O)OCC(O)COCC(O)COC(=O)C(C)(C)CC(C)(CC(C)(CC(C)(CC)N(C)C)C(=O)OCC(O)COC)N(C)C.CCC(CC(C)(C)C(=O)OCC(O)CO)C(=O)O.CO.CO.CO.CO.CO. The van der Waals surface area contributed by atoms with Crippen LogP contribution in [0.1, 0.15) is 230 Å². The summed E-state index contributed by atoms with van der Waals surface area (Å²) in [5.41, 5.74) is -11.3. The average molecular weight is 1930 g/mol. The zero-order valence-corrected chi connectivity index (χ0v) is 85.3. The van der Waals surface area contributed by atoms with E-state index in [-0.39, 0.29) is 143 Å². The normalized spacial score (nSPS) is 18.3. The molecule has 2 heterocycles. The Hall–Kier alpha value is -6.55. The number of hydrogen-bond acceptors (Lipinski definition) is 36. The largest absolute Gasteiger partial charge is 0.481 e. The maximum Gasteiger partial charge on any atom is 0.312 e. The lowest BCUT2D eigenvalue weighted by atomic mass is 9.61. The van der Waals surface area contributed by atoms with Gasteiger partial charge in [-0.2, -0.15) is 0 Å². The Morgan fingerprint density at radius 3 is 0.992 bits per heavy atom. The molecule has 2 saturated heterocycles. The summed E-state index contributed by atoms with van der Waals surface area (Å²) < 4.78 is 58.6. The molecular formula is C93H184N4O36. The number of aliphatic hydroxyl groups excluding tert-OH is 12. The van der Waals surface area contributed by atoms with Gasteiger partial charge in [0.2, 0.25) is 11.8 Å². The molecule has 133 heavy (non-hydrogen) atoms. The van der Waals surface area contributed by atoms with Crippen molar-refractivity contribution in [1.29, 1.82) is 0 Å². The summed E-state index contributed by atoms with van der Waals surface area (Å²) in [5.74, 6) is -8.20. The summed E-state index contributed by atoms with van der Waals surface area (Å²) in [6, 6.07) is 0. The van der Waals surface area contributed by atoms with Crippen LogP contribution in [0.15, 0.2) is 0 Å². The number of ether oxygens (including phenoxy) is 11. The summed E-state index contributed by atoms with van der Waals surface area (Å²) >= 11 is 0. The highest BCUT2D eigenvalue weighted by Gasteiger charge is 2.55. The highest BCUT2D eigenvalue weighted by Crippen LogP contribution is 2.51. The fourth-order valence-corrected chi connectivity index (χ4v) is 15.4. The lowest BCUT2D eigenvalue weighted by Gasteiger charge is -2.48. The predicted octanol–water partition coefficient (Wildman–Crippen LogP) is 4.83. The quantitative estimate of drug-likeness (QED) is 0.0220. The highest BCUT2D eigenvalue weighted by molar-refractivity contribution is 5.88. The van der Waals surface area contributed by atoms with Crippen molar-refractivity contribution >= 4 is 65.5 Å². The van der Waals surface area contributed by atoms with Crippen LogP contribution in [-0.4, -0.2) is 402 Å². The van der Waals surface area contributed by atoms with Gasteiger partial charge < -0.3 is 143 Å². The zero-order valence-electron chi connectivity index (χ0n) is 85.3. The third-order valence-corrected chi connectivity index (χ3v) is 23.3. The number of hydrogen-bond donors (Lipinski definition) is 14. The Morgan fingerprint density at radius 2 is 0.654 bits per heavy atom. The third kappa shape index (κ3) is 51.6. The van der Waals surface area contributed by atoms with Crippen molar-refractivity contribution in [2.45, 2.75) is 284 Å². The van der Waals surface area contributed by atoms with Crippen LogP contribution in [0.2, 0.25) is 0 Å². The van der Waals surface area contributed by atoms with Crippen molar-refractivity contribution in [3.8, 4) is 0 Å². The Balaban J connectivity index is -0.000000320. The molecule has 0 aliphatic carbocycles. The monoisotopic (exact) mass is 1930 g/mol. The number of aliphatic carboxylic acids is 2. The molecule has 2 rings (SSSR count). The first-order chi connectivity index (χ1) is 60.4. The standard InChI is InChI=1S/C46H86N2O17.C28H48N2O8.C12H22O6.5CH4O.2CH4/c1-16-42(6,28-43(7,18-31(3)36(54)55)39(58)63-23-32(50)19-49)38(57)64-26-35(53)22-61-21-34(52)25-62-37(56)41(4,5)27-46(10,48(13)14)30-44(8,29-45(9,17-2)47(11)12)40(59)65-24-33(51)20-60-15;1-11-26(4,21(31)29(7)8)17-28(6,24(34)38-15-20-13-36-20)18-27(5,22(32)30(9)10)16-25(2,3)23(33)37-14-19-12-35-19;1-4-8(10(15)16)5-12(2,3)11(17)18-7-9(14)6-13;5*1-2;;/h31-35,49-53H,16-30H2,1-15H3,(H,54,55);19-20H,11-18H2,1-10H3;8-9,13-14H,4-7H2,1-3H3,(H,15,16);5*2H,1H3;2*1H4. The lowest BCUT2D eigenvalue weighted by molar-refractivity contribution is -0.170. The van der Waals surface area contributed by atoms with Gasteiger partial charge in [0.05, 0.1) is 96.0 Å². The molecule has 2 fully saturated rings. The molecule has 2 aliphatic heterocycles. The molecule has 0 spiro atoms. The molecule has 2 aliphatic rings. The smallest absolute Gasteiger partial charge is 0.312 e. The Labute approximate surface area is 794 Å². The molecule has 0 bridgehead atoms. The minimum absolute atomic E-state index is 0. The Morgan fingerprint density at radius 1 is 0.353 bits per heavy atom. The fourth-order valence-electron chi connectivity index (χ4n) is 15.4. The van der Waals surface area contributed by atoms with E-state index in [2.05, 4.69) is 18.7 Å². The summed E-state index contributed by atoms with van der Waals surface area (Å²) in [6.45, 7) is 30.8. The maximum absolute atomic E-state index is 13.9. The molecule has 0 aromatic rings. The van der Waals surface area contributed by atoms with Gasteiger partial charge >= 0.3 is 53.7 Å². The van der Waals surface area contributed by atoms with Crippen molar-refractivity contribution in [2.24, 2.45) is 60.6 Å². The van der Waals surface area contributed by atoms with E-state index in [4.69, 9.17) is 98.1 Å². The van der Waals surface area contributed by atoms with E-state index in [1.807, 2.05) is 60.8 Å². The number of carbonyl (C=O) groups is 11. The van der Waals surface area contributed by atoms with Crippen molar-refractivity contribution in [3.05, 3.63) is 0 Å². The number of aliphatic hydroxyl groups is 12.